The largest absolute Gasteiger partial charge is 0.386 e. The third-order valence-electron chi connectivity index (χ3n) is 2.56. The van der Waals surface area contributed by atoms with E-state index < -0.39 is 6.10 Å². The van der Waals surface area contributed by atoms with Gasteiger partial charge in [-0.3, -0.25) is 9.97 Å². The molecule has 0 spiro atoms. The lowest BCUT2D eigenvalue weighted by atomic mass is 10.0. The Morgan fingerprint density at radius 1 is 1.41 bits per heavy atom. The van der Waals surface area contributed by atoms with Crippen LogP contribution in [0.25, 0.3) is 0 Å². The molecule has 2 heterocycles. The average Bonchev–Trinajstić information content (AvgIpc) is 2.29. The first-order valence-corrected chi connectivity index (χ1v) is 6.15. The standard InChI is InChI=1S/C13H13BrN2O/c1-9-3-2-4-16-13(9)12(17)6-10-5-11(14)8-15-7-10/h2-5,7-8,12,17H,6H2,1H3. The fourth-order valence-corrected chi connectivity index (χ4v) is 2.15. The van der Waals surface area contributed by atoms with E-state index in [-0.39, 0.29) is 0 Å². The molecule has 2 rings (SSSR count). The Morgan fingerprint density at radius 3 is 2.94 bits per heavy atom. The van der Waals surface area contributed by atoms with Crippen LogP contribution in [-0.2, 0) is 6.42 Å². The zero-order valence-electron chi connectivity index (χ0n) is 9.47. The molecule has 0 aliphatic carbocycles. The molecule has 88 valence electrons. The summed E-state index contributed by atoms with van der Waals surface area (Å²) in [4.78, 5) is 8.29. The van der Waals surface area contributed by atoms with Crippen LogP contribution in [0.15, 0.2) is 41.3 Å². The Bertz CT molecular complexity index is 516. The van der Waals surface area contributed by atoms with Gasteiger partial charge in [-0.15, -0.1) is 0 Å². The van der Waals surface area contributed by atoms with E-state index in [1.165, 1.54) is 0 Å². The molecule has 1 atom stereocenters. The van der Waals surface area contributed by atoms with Crippen LogP contribution < -0.4 is 0 Å². The Morgan fingerprint density at radius 2 is 2.24 bits per heavy atom. The van der Waals surface area contributed by atoms with Crippen molar-refractivity contribution in [3.05, 3.63) is 58.1 Å². The number of aromatic nitrogens is 2. The molecule has 17 heavy (non-hydrogen) atoms. The first-order valence-electron chi connectivity index (χ1n) is 5.36. The molecular formula is C13H13BrN2O. The number of hydrogen-bond acceptors (Lipinski definition) is 3. The normalized spacial score (nSPS) is 12.4. The highest BCUT2D eigenvalue weighted by Crippen LogP contribution is 2.20. The Balaban J connectivity index is 2.17. The number of aliphatic hydroxyl groups is 1. The Labute approximate surface area is 109 Å². The minimum Gasteiger partial charge on any atom is -0.386 e. The quantitative estimate of drug-likeness (QED) is 0.946. The number of halogens is 1. The molecule has 1 N–H and O–H groups in total. The molecule has 0 bridgehead atoms. The van der Waals surface area contributed by atoms with E-state index >= 15 is 0 Å². The van der Waals surface area contributed by atoms with Crippen molar-refractivity contribution < 1.29 is 5.11 Å². The second-order valence-corrected chi connectivity index (χ2v) is 4.85. The van der Waals surface area contributed by atoms with Gasteiger partial charge in [-0.1, -0.05) is 6.07 Å². The van der Waals surface area contributed by atoms with Crippen molar-refractivity contribution in [1.82, 2.24) is 9.97 Å². The second kappa shape index (κ2) is 5.38. The molecule has 1 unspecified atom stereocenters. The van der Waals surface area contributed by atoms with Crippen molar-refractivity contribution in [3.8, 4) is 0 Å². The SMILES string of the molecule is Cc1cccnc1C(O)Cc1cncc(Br)c1. The highest BCUT2D eigenvalue weighted by molar-refractivity contribution is 9.10. The first-order chi connectivity index (χ1) is 8.16. The lowest BCUT2D eigenvalue weighted by molar-refractivity contribution is 0.172. The van der Waals surface area contributed by atoms with Gasteiger partial charge in [0.2, 0.25) is 0 Å². The maximum absolute atomic E-state index is 10.1. The molecule has 2 aromatic heterocycles. The molecule has 0 aliphatic heterocycles. The molecule has 0 aliphatic rings. The van der Waals surface area contributed by atoms with Gasteiger partial charge in [0.25, 0.3) is 0 Å². The summed E-state index contributed by atoms with van der Waals surface area (Å²) in [5.74, 6) is 0. The van der Waals surface area contributed by atoms with Crippen LogP contribution in [0.5, 0.6) is 0 Å². The van der Waals surface area contributed by atoms with E-state index in [4.69, 9.17) is 0 Å². The number of pyridine rings is 2. The van der Waals surface area contributed by atoms with Gasteiger partial charge in [0.15, 0.2) is 0 Å². The lowest BCUT2D eigenvalue weighted by Gasteiger charge is -2.12. The fourth-order valence-electron chi connectivity index (χ4n) is 1.73. The van der Waals surface area contributed by atoms with Gasteiger partial charge >= 0.3 is 0 Å². The average molecular weight is 293 g/mol. The molecule has 0 amide bonds. The van der Waals surface area contributed by atoms with E-state index in [2.05, 4.69) is 25.9 Å². The minimum absolute atomic E-state index is 0.518. The minimum atomic E-state index is -0.590. The van der Waals surface area contributed by atoms with Gasteiger partial charge in [0, 0.05) is 29.5 Å². The number of aryl methyl sites for hydroxylation is 1. The molecule has 0 saturated heterocycles. The van der Waals surface area contributed by atoms with E-state index in [1.54, 1.807) is 18.6 Å². The van der Waals surface area contributed by atoms with Crippen LogP contribution in [-0.4, -0.2) is 15.1 Å². The summed E-state index contributed by atoms with van der Waals surface area (Å²) < 4.78 is 0.917. The number of hydrogen-bond donors (Lipinski definition) is 1. The second-order valence-electron chi connectivity index (χ2n) is 3.94. The maximum atomic E-state index is 10.1. The van der Waals surface area contributed by atoms with E-state index in [1.807, 2.05) is 25.1 Å². The molecular weight excluding hydrogens is 280 g/mol. The summed E-state index contributed by atoms with van der Waals surface area (Å²) in [5, 5.41) is 10.1. The summed E-state index contributed by atoms with van der Waals surface area (Å²) in [6, 6.07) is 5.77. The summed E-state index contributed by atoms with van der Waals surface area (Å²) in [7, 11) is 0. The molecule has 0 aromatic carbocycles. The summed E-state index contributed by atoms with van der Waals surface area (Å²) in [6.45, 7) is 1.95. The third kappa shape index (κ3) is 3.11. The summed E-state index contributed by atoms with van der Waals surface area (Å²) >= 11 is 3.36. The molecule has 3 nitrogen and oxygen atoms in total. The number of nitrogens with zero attached hydrogens (tertiary/aromatic N) is 2. The first kappa shape index (κ1) is 12.2. The summed E-state index contributed by atoms with van der Waals surface area (Å²) in [5.41, 5.74) is 2.72. The van der Waals surface area contributed by atoms with Crippen molar-refractivity contribution in [2.75, 3.05) is 0 Å². The van der Waals surface area contributed by atoms with Crippen molar-refractivity contribution in [3.63, 3.8) is 0 Å². The van der Waals surface area contributed by atoms with Gasteiger partial charge in [-0.2, -0.15) is 0 Å². The van der Waals surface area contributed by atoms with Crippen LogP contribution in [0.2, 0.25) is 0 Å². The molecule has 0 radical (unpaired) electrons. The van der Waals surface area contributed by atoms with Crippen LogP contribution in [0, 0.1) is 6.92 Å². The highest BCUT2D eigenvalue weighted by atomic mass is 79.9. The topological polar surface area (TPSA) is 46.0 Å². The number of rotatable bonds is 3. The van der Waals surface area contributed by atoms with Crippen LogP contribution >= 0.6 is 15.9 Å². The molecule has 2 aromatic rings. The molecule has 4 heteroatoms. The maximum Gasteiger partial charge on any atom is 0.100 e. The lowest BCUT2D eigenvalue weighted by Crippen LogP contribution is -2.06. The van der Waals surface area contributed by atoms with E-state index in [0.717, 1.165) is 21.3 Å². The predicted molar refractivity (Wildman–Crippen MR) is 69.6 cm³/mol. The van der Waals surface area contributed by atoms with Gasteiger partial charge in [0.1, 0.15) is 6.10 Å². The zero-order chi connectivity index (χ0) is 12.3. The van der Waals surface area contributed by atoms with Crippen molar-refractivity contribution >= 4 is 15.9 Å². The number of aliphatic hydroxyl groups excluding tert-OH is 1. The third-order valence-corrected chi connectivity index (χ3v) is 2.99. The Hall–Kier alpha value is -1.26. The molecule has 0 fully saturated rings. The smallest absolute Gasteiger partial charge is 0.100 e. The van der Waals surface area contributed by atoms with Crippen molar-refractivity contribution in [1.29, 1.82) is 0 Å². The summed E-state index contributed by atoms with van der Waals surface area (Å²) in [6.07, 6.45) is 5.11. The highest BCUT2D eigenvalue weighted by Gasteiger charge is 2.12. The predicted octanol–water partition coefficient (Wildman–Crippen LogP) is 2.82. The zero-order valence-corrected chi connectivity index (χ0v) is 11.1. The van der Waals surface area contributed by atoms with Crippen molar-refractivity contribution in [2.24, 2.45) is 0 Å². The van der Waals surface area contributed by atoms with Gasteiger partial charge in [-0.25, -0.2) is 0 Å². The van der Waals surface area contributed by atoms with Gasteiger partial charge < -0.3 is 5.11 Å². The fraction of sp³-hybridized carbons (Fsp3) is 0.231. The van der Waals surface area contributed by atoms with Gasteiger partial charge in [-0.05, 0) is 46.1 Å². The van der Waals surface area contributed by atoms with Crippen LogP contribution in [0.1, 0.15) is 22.9 Å². The molecule has 0 saturated carbocycles. The monoisotopic (exact) mass is 292 g/mol. The van der Waals surface area contributed by atoms with Crippen molar-refractivity contribution in [2.45, 2.75) is 19.4 Å². The van der Waals surface area contributed by atoms with Crippen LogP contribution in [0.4, 0.5) is 0 Å². The van der Waals surface area contributed by atoms with Crippen LogP contribution in [0.3, 0.4) is 0 Å². The van der Waals surface area contributed by atoms with E-state index in [0.29, 0.717) is 6.42 Å². The van der Waals surface area contributed by atoms with E-state index in [9.17, 15) is 5.11 Å². The Kier molecular flexibility index (Phi) is 3.86. The van der Waals surface area contributed by atoms with Gasteiger partial charge in [0.05, 0.1) is 5.69 Å².